The number of amides is 1. The minimum atomic E-state index is -4.64. The Kier molecular flexibility index (Phi) is 4.52. The van der Waals surface area contributed by atoms with Crippen molar-refractivity contribution < 1.29 is 23.1 Å². The van der Waals surface area contributed by atoms with Crippen molar-refractivity contribution in [2.45, 2.75) is 51.3 Å². The van der Waals surface area contributed by atoms with Gasteiger partial charge in [0.05, 0.1) is 0 Å². The highest BCUT2D eigenvalue weighted by Crippen LogP contribution is 2.43. The topological polar surface area (TPSA) is 49.3 Å². The molecule has 1 aliphatic carbocycles. The predicted molar refractivity (Wildman–Crippen MR) is 77.5 cm³/mol. The Bertz CT molecular complexity index is 561. The Labute approximate surface area is 127 Å². The molecule has 2 rings (SSSR count). The first-order chi connectivity index (χ1) is 10.1. The van der Waals surface area contributed by atoms with E-state index in [2.05, 4.69) is 5.32 Å². The quantitative estimate of drug-likeness (QED) is 0.874. The van der Waals surface area contributed by atoms with E-state index in [1.54, 1.807) is 6.07 Å². The Morgan fingerprint density at radius 2 is 1.86 bits per heavy atom. The zero-order chi connectivity index (χ0) is 16.5. The summed E-state index contributed by atoms with van der Waals surface area (Å²) in [6, 6.07) is 5.52. The first-order valence-electron chi connectivity index (χ1n) is 7.30. The molecule has 22 heavy (non-hydrogen) atoms. The number of hydrogen-bond donors (Lipinski definition) is 2. The highest BCUT2D eigenvalue weighted by atomic mass is 19.4. The van der Waals surface area contributed by atoms with E-state index in [0.29, 0.717) is 5.69 Å². The molecule has 0 bridgehead atoms. The minimum absolute atomic E-state index is 0.0344. The number of halogens is 3. The van der Waals surface area contributed by atoms with Crippen molar-refractivity contribution in [3.05, 3.63) is 29.3 Å². The number of hydrogen-bond acceptors (Lipinski definition) is 2. The Hall–Kier alpha value is -1.56. The molecule has 122 valence electrons. The standard InChI is InChI=1S/C16H20F3NO2/c1-10-4-3-5-13(11(10)2)20-14(21)12-6-8-15(22,9-7-12)16(17,18)19/h3-5,12,22H,6-9H2,1-2H3,(H,20,21). The molecule has 1 amide bonds. The van der Waals surface area contributed by atoms with Crippen LogP contribution in [0.15, 0.2) is 18.2 Å². The molecule has 0 heterocycles. The Balaban J connectivity index is 2.00. The number of aryl methyl sites for hydroxylation is 1. The van der Waals surface area contributed by atoms with E-state index in [4.69, 9.17) is 0 Å². The van der Waals surface area contributed by atoms with Crippen molar-refractivity contribution in [1.29, 1.82) is 0 Å². The third kappa shape index (κ3) is 3.27. The maximum atomic E-state index is 12.7. The van der Waals surface area contributed by atoms with Crippen LogP contribution in [0.5, 0.6) is 0 Å². The van der Waals surface area contributed by atoms with Crippen LogP contribution >= 0.6 is 0 Å². The predicted octanol–water partition coefficient (Wildman–Crippen LogP) is 3.73. The smallest absolute Gasteiger partial charge is 0.380 e. The fourth-order valence-electron chi connectivity index (χ4n) is 2.76. The molecule has 0 spiro atoms. The maximum absolute atomic E-state index is 12.7. The SMILES string of the molecule is Cc1cccc(NC(=O)C2CCC(O)(C(F)(F)F)CC2)c1C. The molecule has 2 N–H and O–H groups in total. The fourth-order valence-corrected chi connectivity index (χ4v) is 2.76. The second-order valence-electron chi connectivity index (χ2n) is 6.04. The second kappa shape index (κ2) is 5.91. The molecule has 1 aliphatic rings. The first kappa shape index (κ1) is 16.8. The van der Waals surface area contributed by atoms with Crippen LogP contribution in [0.25, 0.3) is 0 Å². The lowest BCUT2D eigenvalue weighted by Gasteiger charge is -2.36. The van der Waals surface area contributed by atoms with Gasteiger partial charge in [0.25, 0.3) is 0 Å². The largest absolute Gasteiger partial charge is 0.417 e. The van der Waals surface area contributed by atoms with Crippen molar-refractivity contribution in [3.8, 4) is 0 Å². The number of carbonyl (C=O) groups excluding carboxylic acids is 1. The van der Waals surface area contributed by atoms with Gasteiger partial charge in [0.15, 0.2) is 5.60 Å². The summed E-state index contributed by atoms with van der Waals surface area (Å²) >= 11 is 0. The number of rotatable bonds is 2. The number of anilines is 1. The molecule has 0 aliphatic heterocycles. The van der Waals surface area contributed by atoms with E-state index in [9.17, 15) is 23.1 Å². The highest BCUT2D eigenvalue weighted by molar-refractivity contribution is 5.93. The highest BCUT2D eigenvalue weighted by Gasteiger charge is 2.55. The molecule has 0 aromatic heterocycles. The lowest BCUT2D eigenvalue weighted by molar-refractivity contribution is -0.271. The van der Waals surface area contributed by atoms with Crippen LogP contribution in [-0.4, -0.2) is 22.8 Å². The average molecular weight is 315 g/mol. The van der Waals surface area contributed by atoms with Crippen LogP contribution < -0.4 is 5.32 Å². The minimum Gasteiger partial charge on any atom is -0.380 e. The van der Waals surface area contributed by atoms with Crippen molar-refractivity contribution in [3.63, 3.8) is 0 Å². The van der Waals surface area contributed by atoms with Gasteiger partial charge in [0, 0.05) is 11.6 Å². The molecular weight excluding hydrogens is 295 g/mol. The summed E-state index contributed by atoms with van der Waals surface area (Å²) in [5.74, 6) is -0.777. The normalized spacial score (nSPS) is 25.8. The summed E-state index contributed by atoms with van der Waals surface area (Å²) in [5, 5.41) is 12.4. The number of benzene rings is 1. The van der Waals surface area contributed by atoms with E-state index in [-0.39, 0.29) is 18.7 Å². The van der Waals surface area contributed by atoms with Crippen LogP contribution in [0, 0.1) is 19.8 Å². The number of alkyl halides is 3. The van der Waals surface area contributed by atoms with Gasteiger partial charge in [-0.2, -0.15) is 13.2 Å². The molecular formula is C16H20F3NO2. The van der Waals surface area contributed by atoms with Crippen molar-refractivity contribution in [2.24, 2.45) is 5.92 Å². The van der Waals surface area contributed by atoms with Gasteiger partial charge in [-0.25, -0.2) is 0 Å². The van der Waals surface area contributed by atoms with Crippen LogP contribution in [0.1, 0.15) is 36.8 Å². The van der Waals surface area contributed by atoms with E-state index < -0.39 is 30.5 Å². The van der Waals surface area contributed by atoms with Crippen molar-refractivity contribution in [2.75, 3.05) is 5.32 Å². The second-order valence-corrected chi connectivity index (χ2v) is 6.04. The fraction of sp³-hybridized carbons (Fsp3) is 0.562. The molecule has 3 nitrogen and oxygen atoms in total. The van der Waals surface area contributed by atoms with Gasteiger partial charge in [-0.3, -0.25) is 4.79 Å². The van der Waals surface area contributed by atoms with Gasteiger partial charge in [-0.1, -0.05) is 12.1 Å². The van der Waals surface area contributed by atoms with E-state index in [0.717, 1.165) is 11.1 Å². The lowest BCUT2D eigenvalue weighted by Crippen LogP contribution is -2.48. The van der Waals surface area contributed by atoms with Crippen molar-refractivity contribution in [1.82, 2.24) is 0 Å². The van der Waals surface area contributed by atoms with E-state index in [1.165, 1.54) is 0 Å². The lowest BCUT2D eigenvalue weighted by atomic mass is 9.78. The molecule has 1 aromatic carbocycles. The summed E-state index contributed by atoms with van der Waals surface area (Å²) < 4.78 is 38.2. The van der Waals surface area contributed by atoms with Gasteiger partial charge in [-0.05, 0) is 56.7 Å². The van der Waals surface area contributed by atoms with Gasteiger partial charge in [0.2, 0.25) is 5.91 Å². The molecule has 1 aromatic rings. The third-order valence-electron chi connectivity index (χ3n) is 4.57. The monoisotopic (exact) mass is 315 g/mol. The summed E-state index contributed by atoms with van der Waals surface area (Å²) in [6.45, 7) is 3.81. The summed E-state index contributed by atoms with van der Waals surface area (Å²) in [5.41, 5.74) is 0.0104. The maximum Gasteiger partial charge on any atom is 0.417 e. The number of aliphatic hydroxyl groups is 1. The molecule has 1 saturated carbocycles. The first-order valence-corrected chi connectivity index (χ1v) is 7.30. The van der Waals surface area contributed by atoms with Gasteiger partial charge in [0.1, 0.15) is 0 Å². The van der Waals surface area contributed by atoms with Crippen LogP contribution in [-0.2, 0) is 4.79 Å². The summed E-state index contributed by atoms with van der Waals surface area (Å²) in [7, 11) is 0. The molecule has 0 unspecified atom stereocenters. The molecule has 1 fully saturated rings. The van der Waals surface area contributed by atoms with Gasteiger partial charge < -0.3 is 10.4 Å². The van der Waals surface area contributed by atoms with Gasteiger partial charge in [-0.15, -0.1) is 0 Å². The third-order valence-corrected chi connectivity index (χ3v) is 4.57. The van der Waals surface area contributed by atoms with Crippen LogP contribution in [0.4, 0.5) is 18.9 Å². The van der Waals surface area contributed by atoms with E-state index >= 15 is 0 Å². The molecule has 6 heteroatoms. The molecule has 0 saturated heterocycles. The number of nitrogens with one attached hydrogen (secondary N) is 1. The zero-order valence-corrected chi connectivity index (χ0v) is 12.6. The average Bonchev–Trinajstić information content (AvgIpc) is 2.43. The summed E-state index contributed by atoms with van der Waals surface area (Å²) in [4.78, 5) is 12.2. The molecule has 0 atom stereocenters. The van der Waals surface area contributed by atoms with E-state index in [1.807, 2.05) is 26.0 Å². The van der Waals surface area contributed by atoms with Crippen LogP contribution in [0.2, 0.25) is 0 Å². The Morgan fingerprint density at radius 3 is 2.41 bits per heavy atom. The summed E-state index contributed by atoms with van der Waals surface area (Å²) in [6.07, 6.45) is -5.43. The number of carbonyl (C=O) groups is 1. The van der Waals surface area contributed by atoms with Crippen molar-refractivity contribution >= 4 is 11.6 Å². The van der Waals surface area contributed by atoms with Gasteiger partial charge >= 0.3 is 6.18 Å². The molecule has 0 radical (unpaired) electrons. The van der Waals surface area contributed by atoms with Crippen LogP contribution in [0.3, 0.4) is 0 Å². The Morgan fingerprint density at radius 1 is 1.27 bits per heavy atom. The zero-order valence-electron chi connectivity index (χ0n) is 12.6.